The summed E-state index contributed by atoms with van der Waals surface area (Å²) in [5, 5.41) is 11.5. The highest BCUT2D eigenvalue weighted by molar-refractivity contribution is 6.32. The van der Waals surface area contributed by atoms with Crippen molar-refractivity contribution in [2.24, 2.45) is 10.9 Å². The van der Waals surface area contributed by atoms with Crippen LogP contribution in [0.2, 0.25) is 5.02 Å². The maximum atomic E-state index is 13.4. The number of oxime groups is 1. The molecule has 7 heteroatoms. The van der Waals surface area contributed by atoms with Crippen molar-refractivity contribution in [2.75, 3.05) is 0 Å². The molecule has 0 heterocycles. The summed E-state index contributed by atoms with van der Waals surface area (Å²) in [6.45, 7) is 0. The van der Waals surface area contributed by atoms with Gasteiger partial charge in [-0.25, -0.2) is 8.78 Å². The molecule has 2 aromatic rings. The smallest absolute Gasteiger partial charge is 0.170 e. The first-order chi connectivity index (χ1) is 9.51. The topological polar surface area (TPSA) is 67.8 Å². The van der Waals surface area contributed by atoms with Crippen molar-refractivity contribution in [1.29, 1.82) is 0 Å². The second-order valence-corrected chi connectivity index (χ2v) is 4.21. The van der Waals surface area contributed by atoms with Crippen LogP contribution in [-0.2, 0) is 0 Å². The third-order valence-electron chi connectivity index (χ3n) is 2.45. The third-order valence-corrected chi connectivity index (χ3v) is 2.74. The Kier molecular flexibility index (Phi) is 4.05. The number of ether oxygens (including phenoxy) is 1. The van der Waals surface area contributed by atoms with Crippen LogP contribution >= 0.6 is 11.6 Å². The highest BCUT2D eigenvalue weighted by atomic mass is 35.5. The number of rotatable bonds is 3. The van der Waals surface area contributed by atoms with Crippen molar-refractivity contribution in [3.05, 3.63) is 58.6 Å². The largest absolute Gasteiger partial charge is 0.453 e. The molecule has 0 spiro atoms. The van der Waals surface area contributed by atoms with Gasteiger partial charge in [0, 0.05) is 11.6 Å². The summed E-state index contributed by atoms with van der Waals surface area (Å²) >= 11 is 5.95. The molecule has 0 unspecified atom stereocenters. The molecule has 0 saturated carbocycles. The number of nitrogens with zero attached hydrogens (tertiary/aromatic N) is 1. The van der Waals surface area contributed by atoms with Crippen LogP contribution < -0.4 is 10.5 Å². The fourth-order valence-corrected chi connectivity index (χ4v) is 1.70. The van der Waals surface area contributed by atoms with Gasteiger partial charge in [-0.3, -0.25) is 0 Å². The van der Waals surface area contributed by atoms with E-state index < -0.39 is 11.6 Å². The van der Waals surface area contributed by atoms with E-state index in [1.54, 1.807) is 0 Å². The summed E-state index contributed by atoms with van der Waals surface area (Å²) in [6, 6.07) is 7.23. The molecule has 4 nitrogen and oxygen atoms in total. The Bertz CT molecular complexity index is 677. The fraction of sp³-hybridized carbons (Fsp3) is 0. The molecule has 0 aromatic heterocycles. The molecule has 0 aliphatic rings. The van der Waals surface area contributed by atoms with Crippen LogP contribution in [0.1, 0.15) is 5.56 Å². The van der Waals surface area contributed by atoms with E-state index in [9.17, 15) is 8.78 Å². The Morgan fingerprint density at radius 3 is 2.45 bits per heavy atom. The Labute approximate surface area is 118 Å². The first-order valence-electron chi connectivity index (χ1n) is 5.41. The van der Waals surface area contributed by atoms with Crippen LogP contribution in [0, 0.1) is 11.6 Å². The van der Waals surface area contributed by atoms with Crippen molar-refractivity contribution >= 4 is 17.4 Å². The SMILES string of the molecule is NC(=NO)c1ccc(Oc2ccc(F)cc2F)c(Cl)c1. The Morgan fingerprint density at radius 2 is 1.85 bits per heavy atom. The van der Waals surface area contributed by atoms with E-state index in [0.29, 0.717) is 11.6 Å². The minimum absolute atomic E-state index is 0.119. The normalized spacial score (nSPS) is 11.4. The number of benzene rings is 2. The molecule has 0 fully saturated rings. The van der Waals surface area contributed by atoms with Gasteiger partial charge in [0.1, 0.15) is 11.6 Å². The van der Waals surface area contributed by atoms with Gasteiger partial charge in [-0.15, -0.1) is 0 Å². The average molecular weight is 299 g/mol. The average Bonchev–Trinajstić information content (AvgIpc) is 2.42. The van der Waals surface area contributed by atoms with Gasteiger partial charge >= 0.3 is 0 Å². The van der Waals surface area contributed by atoms with Gasteiger partial charge in [-0.05, 0) is 30.3 Å². The maximum absolute atomic E-state index is 13.4. The highest BCUT2D eigenvalue weighted by Gasteiger charge is 2.10. The zero-order valence-electron chi connectivity index (χ0n) is 9.98. The van der Waals surface area contributed by atoms with Crippen LogP contribution in [0.4, 0.5) is 8.78 Å². The molecule has 0 saturated heterocycles. The highest BCUT2D eigenvalue weighted by Crippen LogP contribution is 2.31. The fourth-order valence-electron chi connectivity index (χ4n) is 1.48. The molecular weight excluding hydrogens is 290 g/mol. The molecule has 0 bridgehead atoms. The van der Waals surface area contributed by atoms with Gasteiger partial charge in [0.15, 0.2) is 17.4 Å². The first-order valence-corrected chi connectivity index (χ1v) is 5.79. The summed E-state index contributed by atoms with van der Waals surface area (Å²) in [6.07, 6.45) is 0. The molecule has 0 aliphatic heterocycles. The molecule has 0 aliphatic carbocycles. The lowest BCUT2D eigenvalue weighted by Crippen LogP contribution is -2.12. The summed E-state index contributed by atoms with van der Waals surface area (Å²) in [5.41, 5.74) is 5.78. The van der Waals surface area contributed by atoms with E-state index >= 15 is 0 Å². The van der Waals surface area contributed by atoms with E-state index in [1.165, 1.54) is 18.2 Å². The minimum Gasteiger partial charge on any atom is -0.453 e. The number of nitrogens with two attached hydrogens (primary N) is 1. The van der Waals surface area contributed by atoms with Gasteiger partial charge in [-0.2, -0.15) is 0 Å². The quantitative estimate of drug-likeness (QED) is 0.394. The van der Waals surface area contributed by atoms with Gasteiger partial charge in [-0.1, -0.05) is 16.8 Å². The zero-order valence-corrected chi connectivity index (χ0v) is 10.7. The molecular formula is C13H9ClF2N2O2. The molecule has 20 heavy (non-hydrogen) atoms. The molecule has 104 valence electrons. The molecule has 2 rings (SSSR count). The van der Waals surface area contributed by atoms with Crippen molar-refractivity contribution in [2.45, 2.75) is 0 Å². The van der Waals surface area contributed by atoms with Crippen LogP contribution in [0.25, 0.3) is 0 Å². The van der Waals surface area contributed by atoms with E-state index in [-0.39, 0.29) is 22.4 Å². The lowest BCUT2D eigenvalue weighted by Gasteiger charge is -2.09. The van der Waals surface area contributed by atoms with Gasteiger partial charge in [0.2, 0.25) is 0 Å². The van der Waals surface area contributed by atoms with Gasteiger partial charge in [0.05, 0.1) is 5.02 Å². The predicted molar refractivity (Wildman–Crippen MR) is 70.4 cm³/mol. The summed E-state index contributed by atoms with van der Waals surface area (Å²) in [7, 11) is 0. The standard InChI is InChI=1S/C13H9ClF2N2O2/c14-9-5-7(13(17)18-19)1-3-11(9)20-12-4-2-8(15)6-10(12)16/h1-6,19H,(H2,17,18). The van der Waals surface area contributed by atoms with E-state index in [4.69, 9.17) is 27.3 Å². The Balaban J connectivity index is 2.30. The first kappa shape index (κ1) is 14.1. The van der Waals surface area contributed by atoms with Gasteiger partial charge in [0.25, 0.3) is 0 Å². The van der Waals surface area contributed by atoms with E-state index in [1.807, 2.05) is 0 Å². The zero-order chi connectivity index (χ0) is 14.7. The van der Waals surface area contributed by atoms with E-state index in [2.05, 4.69) is 5.16 Å². The molecule has 0 radical (unpaired) electrons. The number of hydrogen-bond acceptors (Lipinski definition) is 3. The Hall–Kier alpha value is -2.34. The summed E-state index contributed by atoms with van der Waals surface area (Å²) in [5.74, 6) is -1.67. The predicted octanol–water partition coefficient (Wildman–Crippen LogP) is 3.51. The molecule has 0 amide bonds. The molecule has 0 atom stereocenters. The monoisotopic (exact) mass is 298 g/mol. The number of amidine groups is 1. The third kappa shape index (κ3) is 2.97. The number of hydrogen-bond donors (Lipinski definition) is 2. The van der Waals surface area contributed by atoms with Crippen LogP contribution in [0.15, 0.2) is 41.6 Å². The van der Waals surface area contributed by atoms with Crippen molar-refractivity contribution in [1.82, 2.24) is 0 Å². The van der Waals surface area contributed by atoms with Crippen molar-refractivity contribution in [3.8, 4) is 11.5 Å². The van der Waals surface area contributed by atoms with Crippen LogP contribution in [0.5, 0.6) is 11.5 Å². The summed E-state index contributed by atoms with van der Waals surface area (Å²) in [4.78, 5) is 0. The molecule has 3 N–H and O–H groups in total. The lowest BCUT2D eigenvalue weighted by molar-refractivity contribution is 0.318. The Morgan fingerprint density at radius 1 is 1.15 bits per heavy atom. The van der Waals surface area contributed by atoms with E-state index in [0.717, 1.165) is 12.1 Å². The van der Waals surface area contributed by atoms with Crippen LogP contribution in [0.3, 0.4) is 0 Å². The maximum Gasteiger partial charge on any atom is 0.170 e. The summed E-state index contributed by atoms with van der Waals surface area (Å²) < 4.78 is 31.5. The van der Waals surface area contributed by atoms with Crippen molar-refractivity contribution < 1.29 is 18.7 Å². The second-order valence-electron chi connectivity index (χ2n) is 3.81. The van der Waals surface area contributed by atoms with Crippen molar-refractivity contribution in [3.63, 3.8) is 0 Å². The molecule has 2 aromatic carbocycles. The van der Waals surface area contributed by atoms with Crippen LogP contribution in [-0.4, -0.2) is 11.0 Å². The van der Waals surface area contributed by atoms with Gasteiger partial charge < -0.3 is 15.7 Å². The minimum atomic E-state index is -0.846. The second kappa shape index (κ2) is 5.75. The number of halogens is 3. The lowest BCUT2D eigenvalue weighted by atomic mass is 10.2.